The molecule has 102 valence electrons. The lowest BCUT2D eigenvalue weighted by molar-refractivity contribution is 0.354. The molecule has 1 atom stereocenters. The van der Waals surface area contributed by atoms with E-state index in [0.29, 0.717) is 0 Å². The van der Waals surface area contributed by atoms with Crippen LogP contribution in [0.5, 0.6) is 11.5 Å². The van der Waals surface area contributed by atoms with Crippen LogP contribution in [-0.4, -0.2) is 33.4 Å². The van der Waals surface area contributed by atoms with Gasteiger partial charge in [-0.2, -0.15) is 0 Å². The predicted molar refractivity (Wildman–Crippen MR) is 74.4 cm³/mol. The number of rotatable bonds is 8. The van der Waals surface area contributed by atoms with Crippen molar-refractivity contribution in [1.82, 2.24) is 5.32 Å². The number of hydrogen-bond acceptors (Lipinski definition) is 4. The van der Waals surface area contributed by atoms with Crippen molar-refractivity contribution in [2.45, 2.75) is 25.8 Å². The van der Waals surface area contributed by atoms with Gasteiger partial charge in [-0.3, -0.25) is 0 Å². The lowest BCUT2D eigenvalue weighted by atomic mass is 10.1. The molecule has 0 radical (unpaired) electrons. The van der Waals surface area contributed by atoms with Crippen LogP contribution in [0.1, 0.15) is 18.9 Å². The van der Waals surface area contributed by atoms with E-state index in [1.165, 1.54) is 5.56 Å². The molecular formula is C14H24N2O2. The van der Waals surface area contributed by atoms with E-state index in [-0.39, 0.29) is 6.04 Å². The number of benzene rings is 1. The summed E-state index contributed by atoms with van der Waals surface area (Å²) < 4.78 is 10.5. The van der Waals surface area contributed by atoms with Crippen molar-refractivity contribution in [3.63, 3.8) is 0 Å². The summed E-state index contributed by atoms with van der Waals surface area (Å²) in [6.45, 7) is 3.88. The Bertz CT molecular complexity index is 356. The van der Waals surface area contributed by atoms with Crippen LogP contribution in [0.2, 0.25) is 0 Å². The molecule has 1 aromatic carbocycles. The first-order valence-electron chi connectivity index (χ1n) is 6.38. The van der Waals surface area contributed by atoms with Crippen LogP contribution in [0, 0.1) is 0 Å². The minimum atomic E-state index is 0.246. The highest BCUT2D eigenvalue weighted by Crippen LogP contribution is 2.27. The molecule has 0 bridgehead atoms. The summed E-state index contributed by atoms with van der Waals surface area (Å²) in [4.78, 5) is 0. The number of nitrogens with one attached hydrogen (secondary N) is 1. The van der Waals surface area contributed by atoms with Crippen LogP contribution in [0.4, 0.5) is 0 Å². The second-order valence-electron chi connectivity index (χ2n) is 4.31. The average molecular weight is 252 g/mol. The summed E-state index contributed by atoms with van der Waals surface area (Å²) >= 11 is 0. The minimum absolute atomic E-state index is 0.246. The molecule has 0 aliphatic carbocycles. The summed E-state index contributed by atoms with van der Waals surface area (Å²) in [5, 5.41) is 3.35. The Morgan fingerprint density at radius 3 is 2.56 bits per heavy atom. The summed E-state index contributed by atoms with van der Waals surface area (Å²) in [5.74, 6) is 1.54. The molecule has 0 aliphatic heterocycles. The van der Waals surface area contributed by atoms with Crippen molar-refractivity contribution in [3.05, 3.63) is 23.8 Å². The van der Waals surface area contributed by atoms with E-state index in [1.807, 2.05) is 12.1 Å². The van der Waals surface area contributed by atoms with Crippen LogP contribution in [0.15, 0.2) is 18.2 Å². The molecule has 1 unspecified atom stereocenters. The van der Waals surface area contributed by atoms with Crippen LogP contribution >= 0.6 is 0 Å². The van der Waals surface area contributed by atoms with Gasteiger partial charge in [-0.15, -0.1) is 0 Å². The highest BCUT2D eigenvalue weighted by Gasteiger charge is 2.04. The normalized spacial score (nSPS) is 12.2. The van der Waals surface area contributed by atoms with Gasteiger partial charge in [0.1, 0.15) is 0 Å². The van der Waals surface area contributed by atoms with Crippen molar-refractivity contribution < 1.29 is 9.47 Å². The van der Waals surface area contributed by atoms with Gasteiger partial charge in [-0.05, 0) is 37.1 Å². The predicted octanol–water partition coefficient (Wildman–Crippen LogP) is 1.57. The SMILES string of the molecule is CCC(N)CNCCc1ccc(OC)c(OC)c1. The van der Waals surface area contributed by atoms with Crippen molar-refractivity contribution >= 4 is 0 Å². The molecule has 0 aliphatic rings. The summed E-state index contributed by atoms with van der Waals surface area (Å²) in [5.41, 5.74) is 7.06. The quantitative estimate of drug-likeness (QED) is 0.690. The minimum Gasteiger partial charge on any atom is -0.493 e. The maximum absolute atomic E-state index is 5.84. The molecule has 4 nitrogen and oxygen atoms in total. The summed E-state index contributed by atoms with van der Waals surface area (Å²) in [6.07, 6.45) is 1.96. The van der Waals surface area contributed by atoms with Crippen molar-refractivity contribution in [2.75, 3.05) is 27.3 Å². The lowest BCUT2D eigenvalue weighted by Crippen LogP contribution is -2.34. The second kappa shape index (κ2) is 7.95. The van der Waals surface area contributed by atoms with Crippen molar-refractivity contribution in [2.24, 2.45) is 5.73 Å². The molecule has 0 saturated heterocycles. The van der Waals surface area contributed by atoms with Gasteiger partial charge in [-0.1, -0.05) is 13.0 Å². The Morgan fingerprint density at radius 1 is 1.22 bits per heavy atom. The van der Waals surface area contributed by atoms with Crippen molar-refractivity contribution in [1.29, 1.82) is 0 Å². The van der Waals surface area contributed by atoms with E-state index < -0.39 is 0 Å². The van der Waals surface area contributed by atoms with Crippen LogP contribution in [0.3, 0.4) is 0 Å². The van der Waals surface area contributed by atoms with Gasteiger partial charge < -0.3 is 20.5 Å². The molecule has 3 N–H and O–H groups in total. The molecule has 0 saturated carbocycles. The average Bonchev–Trinajstić information content (AvgIpc) is 2.42. The zero-order valence-corrected chi connectivity index (χ0v) is 11.5. The van der Waals surface area contributed by atoms with E-state index in [1.54, 1.807) is 14.2 Å². The van der Waals surface area contributed by atoms with Crippen LogP contribution < -0.4 is 20.5 Å². The zero-order valence-electron chi connectivity index (χ0n) is 11.5. The summed E-state index contributed by atoms with van der Waals surface area (Å²) in [6, 6.07) is 6.25. The Balaban J connectivity index is 2.43. The third-order valence-corrected chi connectivity index (χ3v) is 2.97. The zero-order chi connectivity index (χ0) is 13.4. The third-order valence-electron chi connectivity index (χ3n) is 2.97. The van der Waals surface area contributed by atoms with Gasteiger partial charge >= 0.3 is 0 Å². The Hall–Kier alpha value is -1.26. The fourth-order valence-corrected chi connectivity index (χ4v) is 1.70. The molecule has 0 spiro atoms. The van der Waals surface area contributed by atoms with Crippen molar-refractivity contribution in [3.8, 4) is 11.5 Å². The fourth-order valence-electron chi connectivity index (χ4n) is 1.70. The largest absolute Gasteiger partial charge is 0.493 e. The third kappa shape index (κ3) is 4.55. The standard InChI is InChI=1S/C14H24N2O2/c1-4-12(15)10-16-8-7-11-5-6-13(17-2)14(9-11)18-3/h5-6,9,12,16H,4,7-8,10,15H2,1-3H3. The molecule has 0 aromatic heterocycles. The topological polar surface area (TPSA) is 56.5 Å². The Morgan fingerprint density at radius 2 is 1.94 bits per heavy atom. The van der Waals surface area contributed by atoms with Gasteiger partial charge in [0.05, 0.1) is 14.2 Å². The first-order valence-corrected chi connectivity index (χ1v) is 6.38. The number of methoxy groups -OCH3 is 2. The number of nitrogens with two attached hydrogens (primary N) is 1. The van der Waals surface area contributed by atoms with E-state index in [4.69, 9.17) is 15.2 Å². The molecule has 0 fully saturated rings. The summed E-state index contributed by atoms with van der Waals surface area (Å²) in [7, 11) is 3.30. The molecule has 0 heterocycles. The molecule has 4 heteroatoms. The van der Waals surface area contributed by atoms with Gasteiger partial charge in [0.2, 0.25) is 0 Å². The lowest BCUT2D eigenvalue weighted by Gasteiger charge is -2.11. The highest BCUT2D eigenvalue weighted by atomic mass is 16.5. The maximum Gasteiger partial charge on any atom is 0.160 e. The highest BCUT2D eigenvalue weighted by molar-refractivity contribution is 5.42. The number of ether oxygens (including phenoxy) is 2. The Labute approximate surface area is 109 Å². The van der Waals surface area contributed by atoms with Crippen LogP contribution in [0.25, 0.3) is 0 Å². The smallest absolute Gasteiger partial charge is 0.160 e. The maximum atomic E-state index is 5.84. The Kier molecular flexibility index (Phi) is 6.54. The van der Waals surface area contributed by atoms with E-state index in [9.17, 15) is 0 Å². The van der Waals surface area contributed by atoms with E-state index >= 15 is 0 Å². The molecule has 1 aromatic rings. The van der Waals surface area contributed by atoms with Gasteiger partial charge in [0, 0.05) is 12.6 Å². The first kappa shape index (κ1) is 14.8. The monoisotopic (exact) mass is 252 g/mol. The molecule has 1 rings (SSSR count). The molecular weight excluding hydrogens is 228 g/mol. The van der Waals surface area contributed by atoms with E-state index in [0.717, 1.165) is 37.4 Å². The molecule has 0 amide bonds. The van der Waals surface area contributed by atoms with Gasteiger partial charge in [0.15, 0.2) is 11.5 Å². The second-order valence-corrected chi connectivity index (χ2v) is 4.31. The first-order chi connectivity index (χ1) is 8.71. The van der Waals surface area contributed by atoms with Gasteiger partial charge in [-0.25, -0.2) is 0 Å². The molecule has 18 heavy (non-hydrogen) atoms. The number of hydrogen-bond donors (Lipinski definition) is 2. The van der Waals surface area contributed by atoms with Crippen LogP contribution in [-0.2, 0) is 6.42 Å². The van der Waals surface area contributed by atoms with Gasteiger partial charge in [0.25, 0.3) is 0 Å². The fraction of sp³-hybridized carbons (Fsp3) is 0.571. The van der Waals surface area contributed by atoms with E-state index in [2.05, 4.69) is 18.3 Å².